The van der Waals surface area contributed by atoms with Crippen molar-refractivity contribution < 1.29 is 23.8 Å². The van der Waals surface area contributed by atoms with Crippen molar-refractivity contribution in [3.63, 3.8) is 0 Å². The largest absolute Gasteiger partial charge is 0.464 e. The van der Waals surface area contributed by atoms with Crippen LogP contribution in [-0.4, -0.2) is 31.3 Å². The van der Waals surface area contributed by atoms with Crippen molar-refractivity contribution in [3.8, 4) is 11.5 Å². The Hall–Kier alpha value is -1.96. The number of esters is 1. The lowest BCUT2D eigenvalue weighted by atomic mass is 9.93. The first-order valence-corrected chi connectivity index (χ1v) is 10.8. The summed E-state index contributed by atoms with van der Waals surface area (Å²) in [6.45, 7) is 2.11. The zero-order valence-corrected chi connectivity index (χ0v) is 18.0. The normalized spacial score (nSPS) is 16.9. The molecule has 1 saturated carbocycles. The average molecular weight is 456 g/mol. The van der Waals surface area contributed by atoms with Gasteiger partial charge in [-0.05, 0) is 49.1 Å². The molecule has 0 saturated heterocycles. The molecule has 29 heavy (non-hydrogen) atoms. The molecule has 0 radical (unpaired) electrons. The van der Waals surface area contributed by atoms with Crippen LogP contribution in [0.15, 0.2) is 24.3 Å². The van der Waals surface area contributed by atoms with Crippen molar-refractivity contribution in [2.45, 2.75) is 37.6 Å². The van der Waals surface area contributed by atoms with Crippen LogP contribution in [0.2, 0.25) is 8.67 Å². The number of hydrogen-bond acceptors (Lipinski definition) is 6. The van der Waals surface area contributed by atoms with Gasteiger partial charge in [0.25, 0.3) is 0 Å². The van der Waals surface area contributed by atoms with E-state index in [1.54, 1.807) is 19.1 Å². The topological polar surface area (TPSA) is 73.9 Å². The summed E-state index contributed by atoms with van der Waals surface area (Å²) in [5.74, 6) is 0.578. The predicted octanol–water partition coefficient (Wildman–Crippen LogP) is 4.11. The number of thiophene rings is 1. The SMILES string of the molecule is CCOC(=O)C(Cc1cc(Cl)sc1Cl)NC(=O)C1(c2ccc3c(c2)OCO3)CC1. The highest BCUT2D eigenvalue weighted by Gasteiger charge is 2.52. The number of ether oxygens (including phenoxy) is 3. The van der Waals surface area contributed by atoms with Crippen LogP contribution in [0, 0.1) is 0 Å². The Kier molecular flexibility index (Phi) is 5.64. The Balaban J connectivity index is 1.54. The van der Waals surface area contributed by atoms with Gasteiger partial charge in [-0.25, -0.2) is 4.79 Å². The van der Waals surface area contributed by atoms with Gasteiger partial charge in [-0.3, -0.25) is 4.79 Å². The maximum atomic E-state index is 13.2. The Morgan fingerprint density at radius 1 is 1.24 bits per heavy atom. The van der Waals surface area contributed by atoms with Gasteiger partial charge in [0.1, 0.15) is 6.04 Å². The lowest BCUT2D eigenvalue weighted by Crippen LogP contribution is -2.47. The molecule has 1 fully saturated rings. The number of amides is 1. The van der Waals surface area contributed by atoms with Crippen molar-refractivity contribution in [2.75, 3.05) is 13.4 Å². The Bertz CT molecular complexity index is 956. The van der Waals surface area contributed by atoms with Gasteiger partial charge in [-0.2, -0.15) is 0 Å². The second-order valence-electron chi connectivity index (χ2n) is 6.98. The molecule has 4 rings (SSSR count). The van der Waals surface area contributed by atoms with Gasteiger partial charge in [-0.1, -0.05) is 29.3 Å². The summed E-state index contributed by atoms with van der Waals surface area (Å²) in [7, 11) is 0. The molecule has 0 bridgehead atoms. The smallest absolute Gasteiger partial charge is 0.328 e. The quantitative estimate of drug-likeness (QED) is 0.635. The van der Waals surface area contributed by atoms with E-state index in [1.165, 1.54) is 11.3 Å². The predicted molar refractivity (Wildman–Crippen MR) is 110 cm³/mol. The van der Waals surface area contributed by atoms with Crippen LogP contribution in [0.4, 0.5) is 0 Å². The van der Waals surface area contributed by atoms with E-state index in [0.29, 0.717) is 38.6 Å². The fourth-order valence-corrected chi connectivity index (χ4v) is 4.94. The summed E-state index contributed by atoms with van der Waals surface area (Å²) in [6, 6.07) is 6.37. The first-order valence-electron chi connectivity index (χ1n) is 9.24. The maximum Gasteiger partial charge on any atom is 0.328 e. The Morgan fingerprint density at radius 2 is 2.00 bits per heavy atom. The second kappa shape index (κ2) is 8.05. The highest BCUT2D eigenvalue weighted by Crippen LogP contribution is 2.50. The summed E-state index contributed by atoms with van der Waals surface area (Å²) < 4.78 is 17.0. The Morgan fingerprint density at radius 3 is 2.66 bits per heavy atom. The summed E-state index contributed by atoms with van der Waals surface area (Å²) in [5, 5.41) is 2.87. The molecule has 1 N–H and O–H groups in total. The summed E-state index contributed by atoms with van der Waals surface area (Å²) in [4.78, 5) is 25.7. The minimum absolute atomic E-state index is 0.173. The molecular weight excluding hydrogens is 437 g/mol. The number of hydrogen-bond donors (Lipinski definition) is 1. The first-order chi connectivity index (χ1) is 13.9. The van der Waals surface area contributed by atoms with Crippen LogP contribution < -0.4 is 14.8 Å². The van der Waals surface area contributed by atoms with E-state index in [-0.39, 0.29) is 25.7 Å². The van der Waals surface area contributed by atoms with Crippen LogP contribution in [-0.2, 0) is 26.2 Å². The third-order valence-corrected chi connectivity index (χ3v) is 6.71. The van der Waals surface area contributed by atoms with E-state index >= 15 is 0 Å². The fraction of sp³-hybridized carbons (Fsp3) is 0.400. The van der Waals surface area contributed by atoms with Crippen molar-refractivity contribution in [2.24, 2.45) is 0 Å². The molecule has 1 aliphatic heterocycles. The molecule has 9 heteroatoms. The number of nitrogens with one attached hydrogen (secondary N) is 1. The van der Waals surface area contributed by atoms with E-state index in [1.807, 2.05) is 12.1 Å². The van der Waals surface area contributed by atoms with Crippen LogP contribution >= 0.6 is 34.5 Å². The monoisotopic (exact) mass is 455 g/mol. The molecule has 1 aromatic carbocycles. The van der Waals surface area contributed by atoms with Gasteiger partial charge in [0.2, 0.25) is 12.7 Å². The zero-order valence-electron chi connectivity index (χ0n) is 15.6. The Labute approximate surface area is 182 Å². The van der Waals surface area contributed by atoms with Crippen LogP contribution in [0.5, 0.6) is 11.5 Å². The molecule has 6 nitrogen and oxygen atoms in total. The molecule has 154 valence electrons. The van der Waals surface area contributed by atoms with Crippen LogP contribution in [0.25, 0.3) is 0 Å². The van der Waals surface area contributed by atoms with Gasteiger partial charge in [-0.15, -0.1) is 11.3 Å². The van der Waals surface area contributed by atoms with E-state index in [4.69, 9.17) is 37.4 Å². The lowest BCUT2D eigenvalue weighted by molar-refractivity contribution is -0.147. The highest BCUT2D eigenvalue weighted by atomic mass is 35.5. The minimum atomic E-state index is -0.850. The molecule has 2 heterocycles. The number of rotatable bonds is 7. The summed E-state index contributed by atoms with van der Waals surface area (Å²) in [6.07, 6.45) is 1.60. The average Bonchev–Trinajstić information content (AvgIpc) is 3.26. The number of carbonyl (C=O) groups is 2. The summed E-state index contributed by atoms with van der Waals surface area (Å²) >= 11 is 13.4. The van der Waals surface area contributed by atoms with Gasteiger partial charge in [0, 0.05) is 6.42 Å². The third-order valence-electron chi connectivity index (χ3n) is 5.14. The van der Waals surface area contributed by atoms with Gasteiger partial charge in [0.05, 0.1) is 20.7 Å². The molecule has 2 aliphatic rings. The van der Waals surface area contributed by atoms with E-state index in [2.05, 4.69) is 5.32 Å². The molecule has 0 spiro atoms. The van der Waals surface area contributed by atoms with E-state index in [0.717, 1.165) is 5.56 Å². The minimum Gasteiger partial charge on any atom is -0.464 e. The standard InChI is InChI=1S/C20H19Cl2NO5S/c1-2-26-18(24)13(7-11-8-16(21)29-17(11)22)23-19(25)20(5-6-20)12-3-4-14-15(9-12)28-10-27-14/h3-4,8-9,13H,2,5-7,10H2,1H3,(H,23,25). The molecule has 1 unspecified atom stereocenters. The van der Waals surface area contributed by atoms with E-state index < -0.39 is 17.4 Å². The molecule has 1 aliphatic carbocycles. The van der Waals surface area contributed by atoms with Crippen molar-refractivity contribution in [3.05, 3.63) is 44.1 Å². The third kappa shape index (κ3) is 4.04. The fourth-order valence-electron chi connectivity index (χ4n) is 3.43. The van der Waals surface area contributed by atoms with Gasteiger partial charge >= 0.3 is 5.97 Å². The van der Waals surface area contributed by atoms with Gasteiger partial charge < -0.3 is 19.5 Å². The molecule has 1 aromatic heterocycles. The van der Waals surface area contributed by atoms with Crippen LogP contribution in [0.3, 0.4) is 0 Å². The molecule has 2 aromatic rings. The number of fused-ring (bicyclic) bond motifs is 1. The molecule has 1 atom stereocenters. The van der Waals surface area contributed by atoms with Gasteiger partial charge in [0.15, 0.2) is 11.5 Å². The number of benzene rings is 1. The van der Waals surface area contributed by atoms with Crippen molar-refractivity contribution in [1.29, 1.82) is 0 Å². The summed E-state index contributed by atoms with van der Waals surface area (Å²) in [5.41, 5.74) is 0.869. The van der Waals surface area contributed by atoms with Crippen molar-refractivity contribution in [1.82, 2.24) is 5.32 Å². The molecule has 1 amide bonds. The molecular formula is C20H19Cl2NO5S. The zero-order chi connectivity index (χ0) is 20.6. The first kappa shape index (κ1) is 20.3. The highest BCUT2D eigenvalue weighted by molar-refractivity contribution is 7.20. The lowest BCUT2D eigenvalue weighted by Gasteiger charge is -2.22. The maximum absolute atomic E-state index is 13.2. The van der Waals surface area contributed by atoms with E-state index in [9.17, 15) is 9.59 Å². The number of carbonyl (C=O) groups excluding carboxylic acids is 2. The van der Waals surface area contributed by atoms with Crippen LogP contribution in [0.1, 0.15) is 30.9 Å². The van der Waals surface area contributed by atoms with Crippen molar-refractivity contribution >= 4 is 46.4 Å². The number of halogens is 2. The second-order valence-corrected chi connectivity index (χ2v) is 9.27.